The van der Waals surface area contributed by atoms with Crippen LogP contribution in [0.5, 0.6) is 0 Å². The van der Waals surface area contributed by atoms with E-state index in [-0.39, 0.29) is 18.4 Å². The summed E-state index contributed by atoms with van der Waals surface area (Å²) in [6.45, 7) is 9.05. The quantitative estimate of drug-likeness (QED) is 0.810. The van der Waals surface area contributed by atoms with Gasteiger partial charge in [-0.15, -0.1) is 0 Å². The van der Waals surface area contributed by atoms with E-state index in [0.717, 1.165) is 12.8 Å². The number of carboxylic acids is 1. The highest BCUT2D eigenvalue weighted by molar-refractivity contribution is 5.79. The second-order valence-electron chi connectivity index (χ2n) is 5.94. The molecule has 3 unspecified atom stereocenters. The average molecular weight is 284 g/mol. The minimum atomic E-state index is -0.817. The first kappa shape index (κ1) is 17.0. The molecule has 1 N–H and O–H groups in total. The summed E-state index contributed by atoms with van der Waals surface area (Å²) in [5, 5.41) is 8.87. The van der Waals surface area contributed by atoms with Crippen LogP contribution in [0.3, 0.4) is 0 Å². The normalized spacial score (nSPS) is 24.8. The fraction of sp³-hybridized carbons (Fsp3) is 0.867. The summed E-state index contributed by atoms with van der Waals surface area (Å²) in [4.78, 5) is 27.2. The summed E-state index contributed by atoms with van der Waals surface area (Å²) < 4.78 is 0. The van der Waals surface area contributed by atoms with E-state index in [1.807, 2.05) is 23.6 Å². The number of hydrogen-bond acceptors (Lipinski definition) is 3. The van der Waals surface area contributed by atoms with Gasteiger partial charge in [0.15, 0.2) is 0 Å². The van der Waals surface area contributed by atoms with Crippen molar-refractivity contribution in [2.45, 2.75) is 71.5 Å². The van der Waals surface area contributed by atoms with E-state index in [4.69, 9.17) is 5.11 Å². The second-order valence-corrected chi connectivity index (χ2v) is 5.94. The van der Waals surface area contributed by atoms with Gasteiger partial charge >= 0.3 is 5.97 Å². The highest BCUT2D eigenvalue weighted by atomic mass is 16.4. The molecular formula is C15H28N2O3. The maximum absolute atomic E-state index is 12.5. The Bertz CT molecular complexity index is 336. The van der Waals surface area contributed by atoms with Crippen molar-refractivity contribution < 1.29 is 14.7 Å². The predicted molar refractivity (Wildman–Crippen MR) is 78.6 cm³/mol. The van der Waals surface area contributed by atoms with Gasteiger partial charge in [0.2, 0.25) is 5.91 Å². The first-order valence-electron chi connectivity index (χ1n) is 7.63. The Morgan fingerprint density at radius 3 is 2.30 bits per heavy atom. The van der Waals surface area contributed by atoms with Crippen molar-refractivity contribution >= 4 is 11.9 Å². The molecule has 0 spiro atoms. The molecule has 0 aromatic rings. The molecular weight excluding hydrogens is 256 g/mol. The van der Waals surface area contributed by atoms with E-state index >= 15 is 0 Å². The molecule has 0 saturated carbocycles. The summed E-state index contributed by atoms with van der Waals surface area (Å²) in [6, 6.07) is 0.469. The first-order valence-corrected chi connectivity index (χ1v) is 7.63. The van der Waals surface area contributed by atoms with Crippen LogP contribution in [-0.2, 0) is 9.59 Å². The predicted octanol–water partition coefficient (Wildman–Crippen LogP) is 1.96. The second kappa shape index (κ2) is 7.62. The number of likely N-dealkylation sites (tertiary alicyclic amines) is 1. The molecule has 0 bridgehead atoms. The standard InChI is InChI=1S/C15H28N2O3/c1-5-16(13(4)9-15(19)20)10-14(18)17-11(2)7-6-8-12(17)3/h11-13H,5-10H2,1-4H3,(H,19,20). The lowest BCUT2D eigenvalue weighted by Gasteiger charge is -2.40. The van der Waals surface area contributed by atoms with Crippen LogP contribution in [0, 0.1) is 0 Å². The van der Waals surface area contributed by atoms with Crippen molar-refractivity contribution in [3.05, 3.63) is 0 Å². The van der Waals surface area contributed by atoms with Gasteiger partial charge in [-0.3, -0.25) is 14.5 Å². The fourth-order valence-electron chi connectivity index (χ4n) is 3.13. The van der Waals surface area contributed by atoms with Gasteiger partial charge < -0.3 is 10.0 Å². The minimum absolute atomic E-state index is 0.0756. The zero-order chi connectivity index (χ0) is 15.3. The van der Waals surface area contributed by atoms with Gasteiger partial charge in [-0.25, -0.2) is 0 Å². The van der Waals surface area contributed by atoms with E-state index in [9.17, 15) is 9.59 Å². The van der Waals surface area contributed by atoms with Crippen LogP contribution in [0.1, 0.15) is 53.4 Å². The van der Waals surface area contributed by atoms with Crippen LogP contribution < -0.4 is 0 Å². The summed E-state index contributed by atoms with van der Waals surface area (Å²) in [7, 11) is 0. The van der Waals surface area contributed by atoms with E-state index < -0.39 is 5.97 Å². The molecule has 1 heterocycles. The number of rotatable bonds is 6. The summed E-state index contributed by atoms with van der Waals surface area (Å²) in [6.07, 6.45) is 3.38. The van der Waals surface area contributed by atoms with Crippen LogP contribution in [0.4, 0.5) is 0 Å². The third-order valence-electron chi connectivity index (χ3n) is 4.32. The average Bonchev–Trinajstić information content (AvgIpc) is 2.34. The van der Waals surface area contributed by atoms with Crippen LogP contribution >= 0.6 is 0 Å². The zero-order valence-corrected chi connectivity index (χ0v) is 13.1. The van der Waals surface area contributed by atoms with E-state index in [1.165, 1.54) is 6.42 Å². The van der Waals surface area contributed by atoms with Crippen molar-refractivity contribution in [3.63, 3.8) is 0 Å². The third kappa shape index (κ3) is 4.47. The molecule has 1 aliphatic heterocycles. The third-order valence-corrected chi connectivity index (χ3v) is 4.32. The Morgan fingerprint density at radius 1 is 1.30 bits per heavy atom. The fourth-order valence-corrected chi connectivity index (χ4v) is 3.13. The highest BCUT2D eigenvalue weighted by Crippen LogP contribution is 2.23. The molecule has 116 valence electrons. The topological polar surface area (TPSA) is 60.9 Å². The molecule has 1 fully saturated rings. The van der Waals surface area contributed by atoms with Gasteiger partial charge in [0.05, 0.1) is 13.0 Å². The molecule has 5 nitrogen and oxygen atoms in total. The van der Waals surface area contributed by atoms with Crippen LogP contribution in [0.25, 0.3) is 0 Å². The number of nitrogens with zero attached hydrogens (tertiary/aromatic N) is 2. The highest BCUT2D eigenvalue weighted by Gasteiger charge is 2.30. The summed E-state index contributed by atoms with van der Waals surface area (Å²) >= 11 is 0. The van der Waals surface area contributed by atoms with Crippen LogP contribution in [0.15, 0.2) is 0 Å². The Morgan fingerprint density at radius 2 is 1.85 bits per heavy atom. The molecule has 20 heavy (non-hydrogen) atoms. The maximum atomic E-state index is 12.5. The lowest BCUT2D eigenvalue weighted by atomic mass is 9.97. The monoisotopic (exact) mass is 284 g/mol. The molecule has 1 saturated heterocycles. The van der Waals surface area contributed by atoms with Gasteiger partial charge in [0, 0.05) is 18.1 Å². The number of aliphatic carboxylic acids is 1. The number of amides is 1. The molecule has 0 aromatic carbocycles. The molecule has 1 aliphatic rings. The van der Waals surface area contributed by atoms with E-state index in [1.54, 1.807) is 0 Å². The number of carboxylic acid groups (broad SMARTS) is 1. The Kier molecular flexibility index (Phi) is 6.46. The Balaban J connectivity index is 2.64. The van der Waals surface area contributed by atoms with Crippen LogP contribution in [0.2, 0.25) is 0 Å². The first-order chi connectivity index (χ1) is 9.36. The molecule has 3 atom stereocenters. The summed E-state index contributed by atoms with van der Waals surface area (Å²) in [5.41, 5.74) is 0. The number of piperidine rings is 1. The lowest BCUT2D eigenvalue weighted by molar-refractivity contribution is -0.142. The minimum Gasteiger partial charge on any atom is -0.481 e. The van der Waals surface area contributed by atoms with Crippen LogP contribution in [-0.4, -0.2) is 58.0 Å². The van der Waals surface area contributed by atoms with E-state index in [0.29, 0.717) is 25.2 Å². The van der Waals surface area contributed by atoms with E-state index in [2.05, 4.69) is 13.8 Å². The van der Waals surface area contributed by atoms with Crippen molar-refractivity contribution in [2.75, 3.05) is 13.1 Å². The van der Waals surface area contributed by atoms with Gasteiger partial charge in [0.1, 0.15) is 0 Å². The van der Waals surface area contributed by atoms with Gasteiger partial charge in [0.25, 0.3) is 0 Å². The van der Waals surface area contributed by atoms with Crippen molar-refractivity contribution in [1.29, 1.82) is 0 Å². The summed E-state index contributed by atoms with van der Waals surface area (Å²) in [5.74, 6) is -0.688. The molecule has 0 radical (unpaired) electrons. The van der Waals surface area contributed by atoms with Crippen molar-refractivity contribution in [2.24, 2.45) is 0 Å². The Labute approximate surface area is 121 Å². The molecule has 0 aliphatic carbocycles. The number of carbonyl (C=O) groups excluding carboxylic acids is 1. The van der Waals surface area contributed by atoms with Gasteiger partial charge in [-0.2, -0.15) is 0 Å². The molecule has 1 rings (SSSR count). The Hall–Kier alpha value is -1.10. The number of hydrogen-bond donors (Lipinski definition) is 1. The smallest absolute Gasteiger partial charge is 0.304 e. The van der Waals surface area contributed by atoms with Crippen molar-refractivity contribution in [1.82, 2.24) is 9.80 Å². The molecule has 1 amide bonds. The number of likely N-dealkylation sites (N-methyl/N-ethyl adjacent to an activating group) is 1. The maximum Gasteiger partial charge on any atom is 0.304 e. The SMILES string of the molecule is CCN(CC(=O)N1C(C)CCCC1C)C(C)CC(=O)O. The lowest BCUT2D eigenvalue weighted by Crippen LogP contribution is -2.52. The molecule has 0 aromatic heterocycles. The van der Waals surface area contributed by atoms with Crippen molar-refractivity contribution in [3.8, 4) is 0 Å². The zero-order valence-electron chi connectivity index (χ0n) is 13.1. The van der Waals surface area contributed by atoms with Gasteiger partial charge in [-0.05, 0) is 46.6 Å². The largest absolute Gasteiger partial charge is 0.481 e. The number of carbonyl (C=O) groups is 2. The van der Waals surface area contributed by atoms with Gasteiger partial charge in [-0.1, -0.05) is 6.92 Å². The molecule has 5 heteroatoms.